The normalized spacial score (nSPS) is 13.6. The van der Waals surface area contributed by atoms with Crippen molar-refractivity contribution in [3.63, 3.8) is 0 Å². The van der Waals surface area contributed by atoms with Crippen LogP contribution in [-0.2, 0) is 34.6 Å². The van der Waals surface area contributed by atoms with Gasteiger partial charge in [-0.2, -0.15) is 0 Å². The fraction of sp³-hybridized carbons (Fsp3) is 0.400. The van der Waals surface area contributed by atoms with Crippen molar-refractivity contribution in [1.29, 1.82) is 0 Å². The van der Waals surface area contributed by atoms with Crippen molar-refractivity contribution in [3.8, 4) is 11.5 Å². The van der Waals surface area contributed by atoms with E-state index >= 15 is 0 Å². The van der Waals surface area contributed by atoms with Crippen LogP contribution >= 0.6 is 7.82 Å². The van der Waals surface area contributed by atoms with Crippen molar-refractivity contribution in [2.75, 3.05) is 34.1 Å². The molecule has 172 valence electrons. The molecular weight excluding hydrogens is 447 g/mol. The number of hydrogen-bond acceptors (Lipinski definition) is 8. The largest absolute Gasteiger partial charge is 0.474 e. The van der Waals surface area contributed by atoms with Gasteiger partial charge in [0.15, 0.2) is 23.4 Å². The van der Waals surface area contributed by atoms with Crippen LogP contribution in [0.2, 0.25) is 0 Å². The van der Waals surface area contributed by atoms with Gasteiger partial charge in [0.25, 0.3) is 0 Å². The predicted octanol–water partition coefficient (Wildman–Crippen LogP) is 3.38. The van der Waals surface area contributed by atoms with Crippen molar-refractivity contribution in [2.24, 2.45) is 0 Å². The number of benzene rings is 2. The molecule has 2 rings (SSSR count). The molecule has 31 heavy (non-hydrogen) atoms. The summed E-state index contributed by atoms with van der Waals surface area (Å²) >= 11 is 0. The summed E-state index contributed by atoms with van der Waals surface area (Å²) in [7, 11) is -5.09. The molecule has 0 heterocycles. The molecule has 0 fully saturated rings. The van der Waals surface area contributed by atoms with E-state index in [1.807, 2.05) is 13.8 Å². The molecule has 0 saturated carbocycles. The van der Waals surface area contributed by atoms with E-state index in [4.69, 9.17) is 14.2 Å². The minimum absolute atomic E-state index is 0.0542. The lowest BCUT2D eigenvalue weighted by molar-refractivity contribution is 0.0490. The molecule has 1 unspecified atom stereocenters. The van der Waals surface area contributed by atoms with E-state index in [-0.39, 0.29) is 17.4 Å². The average Bonchev–Trinajstić information content (AvgIpc) is 2.68. The number of sulfone groups is 1. The summed E-state index contributed by atoms with van der Waals surface area (Å²) in [6.07, 6.45) is 1.63. The minimum atomic E-state index is -4.11. The number of hydrogen-bond donors (Lipinski definition) is 1. The molecule has 0 aliphatic carbocycles. The molecule has 0 amide bonds. The zero-order chi connectivity index (χ0) is 23.2. The highest BCUT2D eigenvalue weighted by atomic mass is 32.2. The van der Waals surface area contributed by atoms with E-state index < -0.39 is 24.5 Å². The van der Waals surface area contributed by atoms with E-state index in [0.29, 0.717) is 12.2 Å². The highest BCUT2D eigenvalue weighted by Crippen LogP contribution is 2.41. The molecule has 1 N–H and O–H groups in total. The number of ether oxygens (including phenoxy) is 3. The van der Waals surface area contributed by atoms with E-state index in [9.17, 15) is 17.9 Å². The van der Waals surface area contributed by atoms with Gasteiger partial charge in [-0.3, -0.25) is 4.52 Å². The quantitative estimate of drug-likeness (QED) is 0.386. The molecule has 0 aromatic heterocycles. The first-order valence-electron chi connectivity index (χ1n) is 9.17. The lowest BCUT2D eigenvalue weighted by Crippen LogP contribution is -2.07. The first-order valence-corrected chi connectivity index (χ1v) is 12.6. The van der Waals surface area contributed by atoms with Crippen LogP contribution < -0.4 is 9.47 Å². The highest BCUT2D eigenvalue weighted by Gasteiger charge is 2.19. The second-order valence-corrected chi connectivity index (χ2v) is 10.4. The Morgan fingerprint density at radius 2 is 1.65 bits per heavy atom. The standard InChI is InChI=1S/C20H27O9PS/c1-14-8-17(27-13-29-30(21,22)26-4)9-15(2)18(14)10-16-6-7-19(28-12-25-3)20(11-16)31(5,23)24/h6-9,11H,10,12-13H2,1-5H3,(H,21,22). The summed E-state index contributed by atoms with van der Waals surface area (Å²) in [6.45, 7) is 3.30. The van der Waals surface area contributed by atoms with E-state index in [1.165, 1.54) is 7.11 Å². The SMILES string of the molecule is COCOc1ccc(Cc2c(C)cc(OCOP(=O)(O)OC)cc2C)cc1S(C)(=O)=O. The third-order valence-corrected chi connectivity index (χ3v) is 6.47. The third-order valence-electron chi connectivity index (χ3n) is 4.46. The second kappa shape index (κ2) is 10.6. The summed E-state index contributed by atoms with van der Waals surface area (Å²) < 4.78 is 60.3. The van der Waals surface area contributed by atoms with Gasteiger partial charge in [0.05, 0.1) is 0 Å². The van der Waals surface area contributed by atoms with Crippen LogP contribution in [-0.4, -0.2) is 47.4 Å². The van der Waals surface area contributed by atoms with Gasteiger partial charge in [0.1, 0.15) is 16.4 Å². The van der Waals surface area contributed by atoms with Gasteiger partial charge in [-0.25, -0.2) is 17.5 Å². The molecule has 0 saturated heterocycles. The van der Waals surface area contributed by atoms with Crippen molar-refractivity contribution in [2.45, 2.75) is 25.2 Å². The minimum Gasteiger partial charge on any atom is -0.467 e. The molecule has 0 aliphatic rings. The monoisotopic (exact) mass is 474 g/mol. The van der Waals surface area contributed by atoms with Crippen LogP contribution in [0.15, 0.2) is 35.2 Å². The molecule has 2 aromatic carbocycles. The first-order chi connectivity index (χ1) is 14.5. The van der Waals surface area contributed by atoms with Crippen LogP contribution in [0.5, 0.6) is 11.5 Å². The van der Waals surface area contributed by atoms with E-state index in [2.05, 4.69) is 9.05 Å². The molecular formula is C20H27O9PS. The Kier molecular flexibility index (Phi) is 8.65. The van der Waals surface area contributed by atoms with Gasteiger partial charge in [-0.1, -0.05) is 6.07 Å². The fourth-order valence-corrected chi connectivity index (χ4v) is 4.08. The van der Waals surface area contributed by atoms with Crippen LogP contribution in [0.1, 0.15) is 22.3 Å². The first kappa shape index (κ1) is 25.3. The van der Waals surface area contributed by atoms with Gasteiger partial charge in [-0.05, 0) is 66.8 Å². The van der Waals surface area contributed by atoms with Gasteiger partial charge in [0.2, 0.25) is 0 Å². The molecule has 9 nitrogen and oxygen atoms in total. The van der Waals surface area contributed by atoms with Crippen LogP contribution in [0.4, 0.5) is 0 Å². The summed E-state index contributed by atoms with van der Waals surface area (Å²) in [5.74, 6) is 0.706. The Hall–Kier alpha value is -1.94. The number of phosphoric ester groups is 1. The Balaban J connectivity index is 2.23. The maximum Gasteiger partial charge on any atom is 0.474 e. The van der Waals surface area contributed by atoms with E-state index in [1.54, 1.807) is 30.3 Å². The van der Waals surface area contributed by atoms with Gasteiger partial charge in [0, 0.05) is 20.5 Å². The van der Waals surface area contributed by atoms with Crippen LogP contribution in [0.25, 0.3) is 0 Å². The maximum absolute atomic E-state index is 12.2. The zero-order valence-corrected chi connectivity index (χ0v) is 19.8. The number of rotatable bonds is 11. The van der Waals surface area contributed by atoms with Crippen LogP contribution in [0, 0.1) is 13.8 Å². The molecule has 0 aliphatic heterocycles. The Morgan fingerprint density at radius 1 is 1.00 bits per heavy atom. The van der Waals surface area contributed by atoms with Crippen molar-refractivity contribution in [3.05, 3.63) is 52.6 Å². The van der Waals surface area contributed by atoms with Crippen LogP contribution in [0.3, 0.4) is 0 Å². The molecule has 11 heteroatoms. The number of aryl methyl sites for hydroxylation is 2. The average molecular weight is 474 g/mol. The Morgan fingerprint density at radius 3 is 2.19 bits per heavy atom. The van der Waals surface area contributed by atoms with Crippen molar-refractivity contribution in [1.82, 2.24) is 0 Å². The maximum atomic E-state index is 12.2. The molecule has 2 aromatic rings. The summed E-state index contributed by atoms with van der Waals surface area (Å²) in [6, 6.07) is 8.57. The van der Waals surface area contributed by atoms with Crippen molar-refractivity contribution >= 4 is 17.7 Å². The summed E-state index contributed by atoms with van der Waals surface area (Å²) in [4.78, 5) is 9.34. The van der Waals surface area contributed by atoms with Gasteiger partial charge < -0.3 is 19.1 Å². The van der Waals surface area contributed by atoms with Crippen molar-refractivity contribution < 1.29 is 41.1 Å². The topological polar surface area (TPSA) is 118 Å². The van der Waals surface area contributed by atoms with Gasteiger partial charge >= 0.3 is 7.82 Å². The predicted molar refractivity (Wildman–Crippen MR) is 114 cm³/mol. The lowest BCUT2D eigenvalue weighted by atomic mass is 9.96. The fourth-order valence-electron chi connectivity index (χ4n) is 2.93. The molecule has 0 spiro atoms. The summed E-state index contributed by atoms with van der Waals surface area (Å²) in [5, 5.41) is 0. The Bertz CT molecular complexity index is 1040. The molecule has 1 atom stereocenters. The zero-order valence-electron chi connectivity index (χ0n) is 18.1. The second-order valence-electron chi connectivity index (χ2n) is 6.86. The van der Waals surface area contributed by atoms with E-state index in [0.717, 1.165) is 35.6 Å². The Labute approximate surface area is 182 Å². The highest BCUT2D eigenvalue weighted by molar-refractivity contribution is 7.90. The number of methoxy groups -OCH3 is 1. The third kappa shape index (κ3) is 7.31. The number of phosphoric acid groups is 1. The smallest absolute Gasteiger partial charge is 0.467 e. The summed E-state index contributed by atoms with van der Waals surface area (Å²) in [5.41, 5.74) is 3.63. The molecule has 0 bridgehead atoms. The lowest BCUT2D eigenvalue weighted by Gasteiger charge is -2.16. The molecule has 0 radical (unpaired) electrons. The van der Waals surface area contributed by atoms with Gasteiger partial charge in [-0.15, -0.1) is 0 Å².